The molecule has 124 valence electrons. The van der Waals surface area contributed by atoms with Crippen molar-refractivity contribution in [2.45, 2.75) is 24.5 Å². The summed E-state index contributed by atoms with van der Waals surface area (Å²) in [5.74, 6) is 0.326. The average molecular weight is 339 g/mol. The quantitative estimate of drug-likeness (QED) is 0.718. The number of rotatable bonds is 2. The van der Waals surface area contributed by atoms with Gasteiger partial charge < -0.3 is 15.6 Å². The first kappa shape index (κ1) is 16.1. The first-order valence-electron chi connectivity index (χ1n) is 7.28. The Hall–Kier alpha value is -1.80. The molecule has 23 heavy (non-hydrogen) atoms. The second kappa shape index (κ2) is 6.37. The smallest absolute Gasteiger partial charge is 0.410 e. The predicted octanol–water partition coefficient (Wildman–Crippen LogP) is 2.27. The SMILES string of the molecule is CO[C@@H]1CC2CSC(NC(=O)O)=N[C@H]2C1c1cc(N)ccc1F. The van der Waals surface area contributed by atoms with Gasteiger partial charge in [-0.25, -0.2) is 9.18 Å². The van der Waals surface area contributed by atoms with E-state index in [0.29, 0.717) is 16.4 Å². The molecule has 1 saturated carbocycles. The minimum absolute atomic E-state index is 0.171. The van der Waals surface area contributed by atoms with Crippen LogP contribution in [-0.4, -0.2) is 41.4 Å². The van der Waals surface area contributed by atoms with Gasteiger partial charge in [0.05, 0.1) is 12.1 Å². The fraction of sp³-hybridized carbons (Fsp3) is 0.467. The molecular weight excluding hydrogens is 321 g/mol. The van der Waals surface area contributed by atoms with Crippen molar-refractivity contribution in [2.75, 3.05) is 18.6 Å². The fourth-order valence-corrected chi connectivity index (χ4v) is 4.47. The van der Waals surface area contributed by atoms with Gasteiger partial charge in [-0.15, -0.1) is 0 Å². The van der Waals surface area contributed by atoms with Gasteiger partial charge in [-0.2, -0.15) is 0 Å². The number of benzene rings is 1. The number of nitrogens with zero attached hydrogens (tertiary/aromatic N) is 1. The Bertz CT molecular complexity index is 655. The molecule has 4 N–H and O–H groups in total. The maximum Gasteiger partial charge on any atom is 0.410 e. The number of amides is 1. The standard InChI is InChI=1S/C15H18FN3O3S/c1-22-11-4-7-6-23-14(19-15(20)21)18-13(7)12(11)9-5-8(17)2-3-10(9)16/h2-3,5,7,11-13H,4,6,17H2,1H3,(H,18,19)(H,20,21)/t7?,11-,12?,13-/m1/s1. The number of halogens is 1. The molecule has 3 rings (SSSR count). The molecule has 6 nitrogen and oxygen atoms in total. The van der Waals surface area contributed by atoms with E-state index in [-0.39, 0.29) is 29.8 Å². The summed E-state index contributed by atoms with van der Waals surface area (Å²) >= 11 is 1.37. The lowest BCUT2D eigenvalue weighted by Gasteiger charge is -2.27. The van der Waals surface area contributed by atoms with E-state index in [0.717, 1.165) is 12.2 Å². The number of carboxylic acid groups (broad SMARTS) is 1. The van der Waals surface area contributed by atoms with Crippen LogP contribution < -0.4 is 11.1 Å². The molecule has 0 saturated heterocycles. The predicted molar refractivity (Wildman–Crippen MR) is 87.3 cm³/mol. The molecule has 1 aromatic carbocycles. The number of thioether (sulfide) groups is 1. The summed E-state index contributed by atoms with van der Waals surface area (Å²) in [7, 11) is 1.60. The fourth-order valence-electron chi connectivity index (χ4n) is 3.41. The Morgan fingerprint density at radius 3 is 3.04 bits per heavy atom. The van der Waals surface area contributed by atoms with Crippen LogP contribution >= 0.6 is 11.8 Å². The van der Waals surface area contributed by atoms with E-state index in [9.17, 15) is 9.18 Å². The van der Waals surface area contributed by atoms with E-state index in [1.54, 1.807) is 13.2 Å². The van der Waals surface area contributed by atoms with Gasteiger partial charge in [0.2, 0.25) is 0 Å². The number of amidine groups is 1. The Morgan fingerprint density at radius 2 is 2.35 bits per heavy atom. The maximum absolute atomic E-state index is 14.3. The van der Waals surface area contributed by atoms with Crippen molar-refractivity contribution in [2.24, 2.45) is 10.9 Å². The Morgan fingerprint density at radius 1 is 1.57 bits per heavy atom. The molecule has 0 radical (unpaired) electrons. The second-order valence-corrected chi connectivity index (χ2v) is 6.75. The summed E-state index contributed by atoms with van der Waals surface area (Å²) in [6.07, 6.45) is -0.561. The van der Waals surface area contributed by atoms with Crippen LogP contribution in [0.15, 0.2) is 23.2 Å². The van der Waals surface area contributed by atoms with Crippen molar-refractivity contribution >= 4 is 28.7 Å². The van der Waals surface area contributed by atoms with Crippen LogP contribution in [0.3, 0.4) is 0 Å². The van der Waals surface area contributed by atoms with E-state index in [4.69, 9.17) is 15.6 Å². The molecule has 8 heteroatoms. The molecule has 1 aliphatic carbocycles. The van der Waals surface area contributed by atoms with Crippen LogP contribution in [0.2, 0.25) is 0 Å². The first-order chi connectivity index (χ1) is 11.0. The van der Waals surface area contributed by atoms with Gasteiger partial charge in [-0.3, -0.25) is 10.3 Å². The lowest BCUT2D eigenvalue weighted by Crippen LogP contribution is -2.35. The molecule has 1 amide bonds. The molecule has 1 aromatic rings. The molecule has 0 aromatic heterocycles. The Kier molecular flexibility index (Phi) is 4.45. The highest BCUT2D eigenvalue weighted by atomic mass is 32.2. The van der Waals surface area contributed by atoms with Crippen molar-refractivity contribution in [3.8, 4) is 0 Å². The van der Waals surface area contributed by atoms with Gasteiger partial charge in [-0.05, 0) is 36.1 Å². The van der Waals surface area contributed by atoms with Crippen molar-refractivity contribution < 1.29 is 19.0 Å². The number of aliphatic imine (C=N–C) groups is 1. The van der Waals surface area contributed by atoms with Crippen molar-refractivity contribution in [3.05, 3.63) is 29.6 Å². The second-order valence-electron chi connectivity index (χ2n) is 5.74. The van der Waals surface area contributed by atoms with Gasteiger partial charge in [0.15, 0.2) is 5.17 Å². The van der Waals surface area contributed by atoms with Crippen molar-refractivity contribution in [3.63, 3.8) is 0 Å². The highest BCUT2D eigenvalue weighted by Gasteiger charge is 2.47. The van der Waals surface area contributed by atoms with E-state index >= 15 is 0 Å². The number of nitrogens with one attached hydrogen (secondary N) is 1. The molecule has 2 unspecified atom stereocenters. The van der Waals surface area contributed by atoms with Crippen molar-refractivity contribution in [1.29, 1.82) is 0 Å². The lowest BCUT2D eigenvalue weighted by molar-refractivity contribution is 0.0903. The first-order valence-corrected chi connectivity index (χ1v) is 8.26. The van der Waals surface area contributed by atoms with Crippen molar-refractivity contribution in [1.82, 2.24) is 5.32 Å². The number of methoxy groups -OCH3 is 1. The van der Waals surface area contributed by atoms with E-state index in [2.05, 4.69) is 10.3 Å². The van der Waals surface area contributed by atoms with Gasteiger partial charge >= 0.3 is 6.09 Å². The summed E-state index contributed by atoms with van der Waals surface area (Å²) in [5, 5.41) is 11.5. The molecule has 0 spiro atoms. The topological polar surface area (TPSA) is 96.9 Å². The number of nitrogen functional groups attached to an aromatic ring is 1. The van der Waals surface area contributed by atoms with Gasteiger partial charge in [0, 0.05) is 24.5 Å². The number of hydrogen-bond acceptors (Lipinski definition) is 5. The van der Waals surface area contributed by atoms with Crippen LogP contribution in [0.5, 0.6) is 0 Å². The number of anilines is 1. The zero-order chi connectivity index (χ0) is 16.6. The number of fused-ring (bicyclic) bond motifs is 1. The van der Waals surface area contributed by atoms with Crippen LogP contribution in [-0.2, 0) is 4.74 Å². The third kappa shape index (κ3) is 3.13. The highest BCUT2D eigenvalue weighted by Crippen LogP contribution is 2.46. The molecule has 2 aliphatic rings. The number of carbonyl (C=O) groups is 1. The highest BCUT2D eigenvalue weighted by molar-refractivity contribution is 8.13. The summed E-state index contributed by atoms with van der Waals surface area (Å²) in [6.45, 7) is 0. The summed E-state index contributed by atoms with van der Waals surface area (Å²) in [4.78, 5) is 15.3. The monoisotopic (exact) mass is 339 g/mol. The Labute approximate surface area is 137 Å². The molecule has 0 bridgehead atoms. The summed E-state index contributed by atoms with van der Waals surface area (Å²) in [5.41, 5.74) is 6.77. The zero-order valence-corrected chi connectivity index (χ0v) is 13.3. The third-order valence-electron chi connectivity index (χ3n) is 4.38. The number of ether oxygens (including phenoxy) is 1. The van der Waals surface area contributed by atoms with E-state index < -0.39 is 6.09 Å². The molecule has 1 aliphatic heterocycles. The van der Waals surface area contributed by atoms with Gasteiger partial charge in [-0.1, -0.05) is 11.8 Å². The summed E-state index contributed by atoms with van der Waals surface area (Å²) in [6, 6.07) is 4.27. The van der Waals surface area contributed by atoms with E-state index in [1.165, 1.54) is 23.9 Å². The minimum atomic E-state index is -1.15. The largest absolute Gasteiger partial charge is 0.465 e. The van der Waals surface area contributed by atoms with Crippen LogP contribution in [0.25, 0.3) is 0 Å². The van der Waals surface area contributed by atoms with Crippen LogP contribution in [0, 0.1) is 11.7 Å². The van der Waals surface area contributed by atoms with Crippen LogP contribution in [0.4, 0.5) is 14.9 Å². The maximum atomic E-state index is 14.3. The minimum Gasteiger partial charge on any atom is -0.465 e. The normalized spacial score (nSPS) is 29.7. The molecule has 1 heterocycles. The third-order valence-corrected chi connectivity index (χ3v) is 5.46. The number of nitrogens with two attached hydrogens (primary N) is 1. The zero-order valence-electron chi connectivity index (χ0n) is 12.5. The number of hydrogen-bond donors (Lipinski definition) is 3. The van der Waals surface area contributed by atoms with Gasteiger partial charge in [0.1, 0.15) is 5.82 Å². The molecule has 1 fully saturated rings. The van der Waals surface area contributed by atoms with E-state index in [1.807, 2.05) is 0 Å². The molecule has 4 atom stereocenters. The molecular formula is C15H18FN3O3S. The lowest BCUT2D eigenvalue weighted by atomic mass is 9.90. The Balaban J connectivity index is 1.98. The average Bonchev–Trinajstić information content (AvgIpc) is 2.87. The summed E-state index contributed by atoms with van der Waals surface area (Å²) < 4.78 is 19.9. The van der Waals surface area contributed by atoms with Gasteiger partial charge in [0.25, 0.3) is 0 Å². The van der Waals surface area contributed by atoms with Crippen LogP contribution in [0.1, 0.15) is 17.9 Å².